The molecule has 0 N–H and O–H groups in total. The highest BCUT2D eigenvalue weighted by Crippen LogP contribution is 2.45. The number of nitrogens with zero attached hydrogens (tertiary/aromatic N) is 2. The van der Waals surface area contributed by atoms with Gasteiger partial charge in [0.1, 0.15) is 5.01 Å². The van der Waals surface area contributed by atoms with Gasteiger partial charge in [-0.25, -0.2) is 4.98 Å². The van der Waals surface area contributed by atoms with Gasteiger partial charge in [0.25, 0.3) is 0 Å². The number of anilines is 3. The van der Waals surface area contributed by atoms with Gasteiger partial charge in [0.05, 0.1) is 10.2 Å². The van der Waals surface area contributed by atoms with Crippen molar-refractivity contribution >= 4 is 133 Å². The van der Waals surface area contributed by atoms with Crippen molar-refractivity contribution in [2.75, 3.05) is 4.90 Å². The number of thiazole rings is 1. The quantitative estimate of drug-likeness (QED) is 0.173. The molecule has 0 radical (unpaired) electrons. The summed E-state index contributed by atoms with van der Waals surface area (Å²) in [6.07, 6.45) is 0. The van der Waals surface area contributed by atoms with Crippen molar-refractivity contribution in [2.45, 2.75) is 0 Å². The number of thiophene rings is 3. The molecule has 258 valence electrons. The predicted octanol–water partition coefficient (Wildman–Crippen LogP) is 16.2. The Morgan fingerprint density at radius 3 is 1.55 bits per heavy atom. The Morgan fingerprint density at radius 1 is 0.327 bits per heavy atom. The maximum absolute atomic E-state index is 5.21. The van der Waals surface area contributed by atoms with E-state index in [-0.39, 0.29) is 0 Å². The molecule has 0 fully saturated rings. The molecule has 0 aliphatic heterocycles. The molecule has 12 aromatic rings. The molecule has 55 heavy (non-hydrogen) atoms. The first kappa shape index (κ1) is 31.5. The summed E-state index contributed by atoms with van der Waals surface area (Å²) in [6.45, 7) is 0. The fourth-order valence-electron chi connectivity index (χ4n) is 8.09. The molecule has 6 heteroatoms. The van der Waals surface area contributed by atoms with Crippen molar-refractivity contribution in [3.8, 4) is 21.7 Å². The third-order valence-corrected chi connectivity index (χ3v) is 15.2. The van der Waals surface area contributed by atoms with Gasteiger partial charge in [0.15, 0.2) is 0 Å². The maximum Gasteiger partial charge on any atom is 0.124 e. The summed E-state index contributed by atoms with van der Waals surface area (Å²) in [5.74, 6) is 0. The zero-order valence-electron chi connectivity index (χ0n) is 29.2. The Bertz CT molecular complexity index is 3330. The number of fused-ring (bicyclic) bond motifs is 11. The molecule has 0 aliphatic carbocycles. The van der Waals surface area contributed by atoms with E-state index in [4.69, 9.17) is 4.98 Å². The van der Waals surface area contributed by atoms with Gasteiger partial charge in [-0.1, -0.05) is 97.1 Å². The van der Waals surface area contributed by atoms with E-state index in [1.807, 2.05) is 34.0 Å². The number of benzene rings is 8. The second-order valence-electron chi connectivity index (χ2n) is 13.9. The average molecular weight is 773 g/mol. The molecule has 0 atom stereocenters. The van der Waals surface area contributed by atoms with Crippen LogP contribution < -0.4 is 4.90 Å². The van der Waals surface area contributed by atoms with Crippen LogP contribution in [0, 0.1) is 0 Å². The molecule has 4 aromatic heterocycles. The van der Waals surface area contributed by atoms with E-state index in [9.17, 15) is 0 Å². The van der Waals surface area contributed by atoms with Crippen molar-refractivity contribution in [3.63, 3.8) is 0 Å². The molecule has 8 aromatic carbocycles. The molecule has 0 aliphatic rings. The molecule has 0 saturated carbocycles. The molecule has 2 nitrogen and oxygen atoms in total. The van der Waals surface area contributed by atoms with E-state index in [0.717, 1.165) is 27.6 Å². The summed E-state index contributed by atoms with van der Waals surface area (Å²) in [7, 11) is 0. The molecule has 0 unspecified atom stereocenters. The van der Waals surface area contributed by atoms with E-state index in [1.165, 1.54) is 81.9 Å². The SMILES string of the molecule is c1ccc(-c2nc3c(ccc4sc5ccc(-c6ccc(N(c7ccc8c(c7)sc7ccccc78)c7ccc8c(c7)sc7ccccc78)cc6)cc5c43)s2)cc1. The van der Waals surface area contributed by atoms with Crippen LogP contribution in [0.4, 0.5) is 17.1 Å². The Hall–Kier alpha value is -5.89. The zero-order valence-corrected chi connectivity index (χ0v) is 32.5. The lowest BCUT2D eigenvalue weighted by atomic mass is 10.0. The van der Waals surface area contributed by atoms with Crippen LogP contribution in [0.1, 0.15) is 0 Å². The summed E-state index contributed by atoms with van der Waals surface area (Å²) < 4.78 is 9.02. The lowest BCUT2D eigenvalue weighted by molar-refractivity contribution is 1.30. The third-order valence-electron chi connectivity index (χ3n) is 10.7. The Morgan fingerprint density at radius 2 is 0.855 bits per heavy atom. The average Bonchev–Trinajstić information content (AvgIpc) is 4.02. The van der Waals surface area contributed by atoms with Crippen LogP contribution in [0.2, 0.25) is 0 Å². The normalized spacial score (nSPS) is 12.0. The molecule has 0 amide bonds. The van der Waals surface area contributed by atoms with Crippen LogP contribution in [0.15, 0.2) is 170 Å². The second-order valence-corrected chi connectivity index (χ2v) is 18.2. The first-order chi connectivity index (χ1) is 27.2. The van der Waals surface area contributed by atoms with Crippen molar-refractivity contribution in [1.29, 1.82) is 0 Å². The van der Waals surface area contributed by atoms with Gasteiger partial charge in [-0.2, -0.15) is 0 Å². The number of rotatable bonds is 5. The summed E-state index contributed by atoms with van der Waals surface area (Å²) >= 11 is 7.35. The minimum atomic E-state index is 1.07. The summed E-state index contributed by atoms with van der Waals surface area (Å²) in [4.78, 5) is 7.62. The molecule has 0 bridgehead atoms. The Labute approximate surface area is 332 Å². The fraction of sp³-hybridized carbons (Fsp3) is 0. The standard InChI is InChI=1S/C49H28N2S4/c1-2-8-30(9-3-1)49-50-48-44(55-49)25-24-43-47(48)39-26-31(16-23-42(39)52-43)29-14-17-32(18-15-29)51(33-19-21-37-35-10-4-6-12-40(35)53-45(37)27-33)34-20-22-38-36-11-5-7-13-41(36)54-46(38)28-34/h1-28H. The predicted molar refractivity (Wildman–Crippen MR) is 244 cm³/mol. The van der Waals surface area contributed by atoms with Crippen LogP contribution in [0.25, 0.3) is 92.4 Å². The number of aromatic nitrogens is 1. The maximum atomic E-state index is 5.21. The minimum Gasteiger partial charge on any atom is -0.310 e. The number of hydrogen-bond donors (Lipinski definition) is 0. The highest BCUT2D eigenvalue weighted by molar-refractivity contribution is 7.27. The first-order valence-corrected chi connectivity index (χ1v) is 21.5. The largest absolute Gasteiger partial charge is 0.310 e. The van der Waals surface area contributed by atoms with Gasteiger partial charge >= 0.3 is 0 Å². The van der Waals surface area contributed by atoms with Crippen molar-refractivity contribution < 1.29 is 0 Å². The smallest absolute Gasteiger partial charge is 0.124 e. The summed E-state index contributed by atoms with van der Waals surface area (Å²) in [5.41, 5.74) is 8.10. The van der Waals surface area contributed by atoms with Gasteiger partial charge in [-0.05, 0) is 83.9 Å². The number of hydrogen-bond acceptors (Lipinski definition) is 6. The van der Waals surface area contributed by atoms with Gasteiger partial charge in [-0.15, -0.1) is 45.3 Å². The highest BCUT2D eigenvalue weighted by Gasteiger charge is 2.18. The fourth-order valence-corrected chi connectivity index (χ4v) is 12.4. The van der Waals surface area contributed by atoms with Crippen molar-refractivity contribution in [3.05, 3.63) is 170 Å². The summed E-state index contributed by atoms with van der Waals surface area (Å²) in [5, 5.41) is 8.85. The van der Waals surface area contributed by atoms with Crippen LogP contribution >= 0.6 is 45.3 Å². The van der Waals surface area contributed by atoms with Crippen molar-refractivity contribution in [2.24, 2.45) is 0 Å². The van der Waals surface area contributed by atoms with Gasteiger partial charge in [-0.3, -0.25) is 0 Å². The van der Waals surface area contributed by atoms with E-state index >= 15 is 0 Å². The monoisotopic (exact) mass is 772 g/mol. The Balaban J connectivity index is 0.979. The summed E-state index contributed by atoms with van der Waals surface area (Å²) in [6, 6.07) is 62.4. The molecule has 12 rings (SSSR count). The van der Waals surface area contributed by atoms with Crippen LogP contribution in [0.5, 0.6) is 0 Å². The van der Waals surface area contributed by atoms with E-state index in [0.29, 0.717) is 0 Å². The Kier molecular flexibility index (Phi) is 7.04. The highest BCUT2D eigenvalue weighted by atomic mass is 32.1. The minimum absolute atomic E-state index is 1.07. The molecule has 0 spiro atoms. The lowest BCUT2D eigenvalue weighted by Crippen LogP contribution is -2.09. The lowest BCUT2D eigenvalue weighted by Gasteiger charge is -2.26. The van der Waals surface area contributed by atoms with Crippen LogP contribution in [-0.2, 0) is 0 Å². The third kappa shape index (κ3) is 5.06. The van der Waals surface area contributed by atoms with Gasteiger partial charge in [0, 0.05) is 83.1 Å². The molecule has 0 saturated heterocycles. The second kappa shape index (κ2) is 12.3. The topological polar surface area (TPSA) is 16.1 Å². The van der Waals surface area contributed by atoms with Crippen LogP contribution in [-0.4, -0.2) is 4.98 Å². The zero-order chi connectivity index (χ0) is 36.0. The van der Waals surface area contributed by atoms with Gasteiger partial charge < -0.3 is 4.90 Å². The van der Waals surface area contributed by atoms with Crippen LogP contribution in [0.3, 0.4) is 0 Å². The van der Waals surface area contributed by atoms with E-state index < -0.39 is 0 Å². The first-order valence-electron chi connectivity index (χ1n) is 18.3. The molecule has 4 heterocycles. The van der Waals surface area contributed by atoms with E-state index in [1.54, 1.807) is 11.3 Å². The molecular weight excluding hydrogens is 745 g/mol. The van der Waals surface area contributed by atoms with Gasteiger partial charge in [0.2, 0.25) is 0 Å². The molecular formula is C49H28N2S4. The van der Waals surface area contributed by atoms with E-state index in [2.05, 4.69) is 175 Å². The van der Waals surface area contributed by atoms with Crippen molar-refractivity contribution in [1.82, 2.24) is 4.98 Å².